The van der Waals surface area contributed by atoms with E-state index in [2.05, 4.69) is 74.7 Å². The Morgan fingerprint density at radius 3 is 2.55 bits per heavy atom. The summed E-state index contributed by atoms with van der Waals surface area (Å²) in [5.74, 6) is 1.18. The zero-order chi connectivity index (χ0) is 22.4. The van der Waals surface area contributed by atoms with E-state index in [1.54, 1.807) is 0 Å². The standard InChI is InChI=1S/C29H40N2/c1-7-24(8-2)20-31-17-15-26(16-18-31)27-13-14-29(21(3)4)28(19-27)12-11-25-10-9-22(5)30-23(25)6/h7-8,13-14,19,25-26,30H,1,3,5-6,9-12,15-18,20H2,2,4H3/b24-8+. The number of allylic oxidation sites excluding steroid dienone is 4. The number of likely N-dealkylation sites (tertiary alicyclic amines) is 1. The molecule has 0 aromatic heterocycles. The Hall–Kier alpha value is -2.32. The van der Waals surface area contributed by atoms with E-state index in [9.17, 15) is 0 Å². The molecule has 2 heteroatoms. The van der Waals surface area contributed by atoms with E-state index in [0.717, 1.165) is 62.3 Å². The Kier molecular flexibility index (Phi) is 8.15. The number of hydrogen-bond acceptors (Lipinski definition) is 2. The summed E-state index contributed by atoms with van der Waals surface area (Å²) in [6.45, 7) is 24.0. The molecule has 2 saturated heterocycles. The summed E-state index contributed by atoms with van der Waals surface area (Å²) < 4.78 is 0. The Morgan fingerprint density at radius 1 is 1.19 bits per heavy atom. The molecule has 2 aliphatic rings. The molecule has 1 aromatic carbocycles. The Morgan fingerprint density at radius 2 is 1.94 bits per heavy atom. The molecule has 0 spiro atoms. The van der Waals surface area contributed by atoms with Gasteiger partial charge < -0.3 is 5.32 Å². The number of nitrogens with one attached hydrogen (secondary N) is 1. The SMILES string of the molecule is C=C/C(=C\C)CN1CCC(c2ccc(C(=C)C)c(CCC3CCC(=C)NC3=C)c2)CC1. The van der Waals surface area contributed by atoms with E-state index in [-0.39, 0.29) is 0 Å². The van der Waals surface area contributed by atoms with Gasteiger partial charge in [-0.3, -0.25) is 4.90 Å². The van der Waals surface area contributed by atoms with Gasteiger partial charge in [0.2, 0.25) is 0 Å². The zero-order valence-electron chi connectivity index (χ0n) is 19.7. The molecule has 31 heavy (non-hydrogen) atoms. The van der Waals surface area contributed by atoms with Crippen LogP contribution in [0.4, 0.5) is 0 Å². The first kappa shape index (κ1) is 23.3. The van der Waals surface area contributed by atoms with Gasteiger partial charge in [0.1, 0.15) is 0 Å². The van der Waals surface area contributed by atoms with Crippen LogP contribution in [-0.2, 0) is 6.42 Å². The van der Waals surface area contributed by atoms with Crippen LogP contribution >= 0.6 is 0 Å². The highest BCUT2D eigenvalue weighted by atomic mass is 15.1. The zero-order valence-corrected chi connectivity index (χ0v) is 19.7. The van der Waals surface area contributed by atoms with Crippen LogP contribution in [0.3, 0.4) is 0 Å². The van der Waals surface area contributed by atoms with Gasteiger partial charge in [0.25, 0.3) is 0 Å². The van der Waals surface area contributed by atoms with Crippen LogP contribution in [-0.4, -0.2) is 24.5 Å². The lowest BCUT2D eigenvalue weighted by molar-refractivity contribution is 0.229. The van der Waals surface area contributed by atoms with Crippen molar-refractivity contribution >= 4 is 5.57 Å². The van der Waals surface area contributed by atoms with Gasteiger partial charge >= 0.3 is 0 Å². The maximum atomic E-state index is 4.24. The van der Waals surface area contributed by atoms with Crippen LogP contribution in [0, 0.1) is 5.92 Å². The van der Waals surface area contributed by atoms with Gasteiger partial charge in [0.15, 0.2) is 0 Å². The molecule has 3 rings (SSSR count). The molecule has 1 N–H and O–H groups in total. The molecular weight excluding hydrogens is 376 g/mol. The van der Waals surface area contributed by atoms with Crippen LogP contribution < -0.4 is 5.32 Å². The van der Waals surface area contributed by atoms with Crippen molar-refractivity contribution in [1.29, 1.82) is 0 Å². The lowest BCUT2D eigenvalue weighted by Crippen LogP contribution is -2.34. The molecule has 0 amide bonds. The van der Waals surface area contributed by atoms with Gasteiger partial charge in [-0.15, -0.1) is 0 Å². The number of rotatable bonds is 8. The third-order valence-electron chi connectivity index (χ3n) is 7.07. The fourth-order valence-corrected chi connectivity index (χ4v) is 5.01. The highest BCUT2D eigenvalue weighted by Crippen LogP contribution is 2.33. The van der Waals surface area contributed by atoms with Crippen LogP contribution in [0.2, 0.25) is 0 Å². The molecule has 2 aliphatic heterocycles. The van der Waals surface area contributed by atoms with E-state index < -0.39 is 0 Å². The van der Waals surface area contributed by atoms with Crippen molar-refractivity contribution in [2.24, 2.45) is 5.92 Å². The predicted octanol–water partition coefficient (Wildman–Crippen LogP) is 6.99. The molecule has 1 atom stereocenters. The van der Waals surface area contributed by atoms with Crippen molar-refractivity contribution in [2.45, 2.75) is 58.3 Å². The second-order valence-corrected chi connectivity index (χ2v) is 9.34. The Labute approximate surface area is 190 Å². The Bertz CT molecular complexity index is 865. The van der Waals surface area contributed by atoms with Crippen LogP contribution in [0.1, 0.15) is 68.6 Å². The number of nitrogens with zero attached hydrogens (tertiary/aromatic N) is 1. The third kappa shape index (κ3) is 6.11. The van der Waals surface area contributed by atoms with E-state index in [4.69, 9.17) is 0 Å². The first-order chi connectivity index (χ1) is 14.9. The third-order valence-corrected chi connectivity index (χ3v) is 7.07. The molecule has 0 aliphatic carbocycles. The Balaban J connectivity index is 1.66. The normalized spacial score (nSPS) is 21.1. The van der Waals surface area contributed by atoms with Crippen LogP contribution in [0.25, 0.3) is 5.57 Å². The van der Waals surface area contributed by atoms with Gasteiger partial charge in [-0.2, -0.15) is 0 Å². The lowest BCUT2D eigenvalue weighted by Gasteiger charge is -2.33. The average molecular weight is 417 g/mol. The van der Waals surface area contributed by atoms with Gasteiger partial charge in [0.05, 0.1) is 0 Å². The van der Waals surface area contributed by atoms with Gasteiger partial charge in [0, 0.05) is 17.9 Å². The number of hydrogen-bond donors (Lipinski definition) is 1. The smallest absolute Gasteiger partial charge is 0.0230 e. The van der Waals surface area contributed by atoms with Crippen molar-refractivity contribution in [3.8, 4) is 0 Å². The van der Waals surface area contributed by atoms with Gasteiger partial charge in [-0.25, -0.2) is 0 Å². The van der Waals surface area contributed by atoms with Crippen molar-refractivity contribution in [3.05, 3.63) is 90.3 Å². The highest BCUT2D eigenvalue weighted by molar-refractivity contribution is 5.65. The fraction of sp³-hybridized carbons (Fsp3) is 0.448. The van der Waals surface area contributed by atoms with Crippen LogP contribution in [0.15, 0.2) is 73.6 Å². The quantitative estimate of drug-likeness (QED) is 0.459. The average Bonchev–Trinajstić information content (AvgIpc) is 2.77. The molecule has 166 valence electrons. The minimum atomic E-state index is 0.529. The molecule has 0 radical (unpaired) electrons. The summed E-state index contributed by atoms with van der Waals surface area (Å²) in [4.78, 5) is 2.56. The first-order valence-electron chi connectivity index (χ1n) is 11.8. The van der Waals surface area contributed by atoms with E-state index in [1.165, 1.54) is 35.1 Å². The first-order valence-corrected chi connectivity index (χ1v) is 11.8. The molecule has 2 nitrogen and oxygen atoms in total. The summed E-state index contributed by atoms with van der Waals surface area (Å²) >= 11 is 0. The molecule has 1 unspecified atom stereocenters. The maximum Gasteiger partial charge on any atom is 0.0230 e. The molecule has 0 saturated carbocycles. The van der Waals surface area contributed by atoms with Gasteiger partial charge in [-0.1, -0.05) is 62.2 Å². The van der Waals surface area contributed by atoms with Crippen molar-refractivity contribution in [1.82, 2.24) is 10.2 Å². The monoisotopic (exact) mass is 416 g/mol. The lowest BCUT2D eigenvalue weighted by atomic mass is 9.84. The summed E-state index contributed by atoms with van der Waals surface area (Å²) in [6.07, 6.45) is 11.0. The highest BCUT2D eigenvalue weighted by Gasteiger charge is 2.23. The van der Waals surface area contributed by atoms with Crippen LogP contribution in [0.5, 0.6) is 0 Å². The maximum absolute atomic E-state index is 4.24. The second kappa shape index (κ2) is 10.8. The van der Waals surface area contributed by atoms with Crippen molar-refractivity contribution in [3.63, 3.8) is 0 Å². The topological polar surface area (TPSA) is 15.3 Å². The second-order valence-electron chi connectivity index (χ2n) is 9.34. The van der Waals surface area contributed by atoms with Gasteiger partial charge in [-0.05, 0) is 99.6 Å². The van der Waals surface area contributed by atoms with Crippen molar-refractivity contribution in [2.75, 3.05) is 19.6 Å². The number of aryl methyl sites for hydroxylation is 1. The molecule has 1 aromatic rings. The fourth-order valence-electron chi connectivity index (χ4n) is 5.01. The predicted molar refractivity (Wildman–Crippen MR) is 136 cm³/mol. The van der Waals surface area contributed by atoms with E-state index in [0.29, 0.717) is 11.8 Å². The summed E-state index contributed by atoms with van der Waals surface area (Å²) in [5, 5.41) is 3.37. The summed E-state index contributed by atoms with van der Waals surface area (Å²) in [6, 6.07) is 7.13. The molecule has 2 fully saturated rings. The minimum absolute atomic E-state index is 0.529. The number of benzene rings is 1. The molecule has 2 heterocycles. The van der Waals surface area contributed by atoms with E-state index in [1.807, 2.05) is 6.08 Å². The minimum Gasteiger partial charge on any atom is -0.363 e. The summed E-state index contributed by atoms with van der Waals surface area (Å²) in [7, 11) is 0. The summed E-state index contributed by atoms with van der Waals surface area (Å²) in [5.41, 5.74) is 9.01. The molecule has 0 bridgehead atoms. The largest absolute Gasteiger partial charge is 0.363 e. The van der Waals surface area contributed by atoms with Crippen molar-refractivity contribution < 1.29 is 0 Å². The van der Waals surface area contributed by atoms with E-state index >= 15 is 0 Å². The molecular formula is C29H40N2. The number of piperidine rings is 2.